The van der Waals surface area contributed by atoms with Gasteiger partial charge in [0.15, 0.2) is 0 Å². The van der Waals surface area contributed by atoms with E-state index in [1.807, 2.05) is 29.2 Å². The van der Waals surface area contributed by atoms with Crippen molar-refractivity contribution in [2.24, 2.45) is 5.73 Å². The summed E-state index contributed by atoms with van der Waals surface area (Å²) in [6.07, 6.45) is 3.34. The fourth-order valence-corrected chi connectivity index (χ4v) is 2.03. The average Bonchev–Trinajstić information content (AvgIpc) is 3.19. The van der Waals surface area contributed by atoms with Gasteiger partial charge in [-0.15, -0.1) is 12.4 Å². The van der Waals surface area contributed by atoms with Crippen LogP contribution in [0.3, 0.4) is 0 Å². The molecule has 1 aliphatic rings. The van der Waals surface area contributed by atoms with E-state index < -0.39 is 0 Å². The summed E-state index contributed by atoms with van der Waals surface area (Å²) in [6.45, 7) is 3.50. The van der Waals surface area contributed by atoms with E-state index in [4.69, 9.17) is 5.73 Å². The second-order valence-electron chi connectivity index (χ2n) is 4.63. The van der Waals surface area contributed by atoms with Gasteiger partial charge >= 0.3 is 0 Å². The zero-order valence-corrected chi connectivity index (χ0v) is 11.6. The molecule has 0 unspecified atom stereocenters. The first-order valence-electron chi connectivity index (χ1n) is 6.36. The van der Waals surface area contributed by atoms with E-state index in [-0.39, 0.29) is 18.3 Å². The molecule has 1 amide bonds. The summed E-state index contributed by atoms with van der Waals surface area (Å²) in [5.74, 6) is 0.165. The van der Waals surface area contributed by atoms with Gasteiger partial charge in [-0.05, 0) is 37.0 Å². The van der Waals surface area contributed by atoms with Crippen LogP contribution in [0.25, 0.3) is 0 Å². The van der Waals surface area contributed by atoms with E-state index in [0.29, 0.717) is 12.6 Å². The molecule has 1 aliphatic carbocycles. The number of amides is 1. The molecule has 0 aromatic heterocycles. The lowest BCUT2D eigenvalue weighted by atomic mass is 10.1. The van der Waals surface area contributed by atoms with Crippen molar-refractivity contribution in [2.45, 2.75) is 38.8 Å². The molecule has 1 aromatic carbocycles. The molecule has 0 heterocycles. The zero-order valence-electron chi connectivity index (χ0n) is 10.8. The van der Waals surface area contributed by atoms with Crippen molar-refractivity contribution < 1.29 is 4.79 Å². The molecule has 1 aromatic rings. The van der Waals surface area contributed by atoms with Gasteiger partial charge in [0, 0.05) is 24.7 Å². The van der Waals surface area contributed by atoms with Crippen molar-refractivity contribution in [3.63, 3.8) is 0 Å². The third kappa shape index (κ3) is 3.47. The monoisotopic (exact) mass is 268 g/mol. The largest absolute Gasteiger partial charge is 0.336 e. The standard InChI is InChI=1S/C14H20N2O.ClH/c1-2-9-16(13-7-8-13)14(17)12-5-3-11(10-15)4-6-12;/h3-6,13H,2,7-10,15H2,1H3;1H. The quantitative estimate of drug-likeness (QED) is 0.892. The van der Waals surface area contributed by atoms with Gasteiger partial charge in [0.25, 0.3) is 5.91 Å². The summed E-state index contributed by atoms with van der Waals surface area (Å²) in [4.78, 5) is 14.3. The third-order valence-corrected chi connectivity index (χ3v) is 3.15. The van der Waals surface area contributed by atoms with E-state index in [1.54, 1.807) is 0 Å². The lowest BCUT2D eigenvalue weighted by molar-refractivity contribution is 0.0743. The van der Waals surface area contributed by atoms with Crippen molar-refractivity contribution >= 4 is 18.3 Å². The van der Waals surface area contributed by atoms with Crippen LogP contribution < -0.4 is 5.73 Å². The molecule has 2 N–H and O–H groups in total. The van der Waals surface area contributed by atoms with Crippen LogP contribution in [0.1, 0.15) is 42.1 Å². The lowest BCUT2D eigenvalue weighted by Crippen LogP contribution is -2.33. The Hall–Kier alpha value is -1.06. The Balaban J connectivity index is 0.00000162. The summed E-state index contributed by atoms with van der Waals surface area (Å²) < 4.78 is 0. The van der Waals surface area contributed by atoms with Gasteiger partial charge in [-0.3, -0.25) is 4.79 Å². The lowest BCUT2D eigenvalue weighted by Gasteiger charge is -2.21. The number of halogens is 1. The molecule has 0 spiro atoms. The molecule has 1 fully saturated rings. The number of carbonyl (C=O) groups is 1. The van der Waals surface area contributed by atoms with Gasteiger partial charge in [-0.1, -0.05) is 19.1 Å². The van der Waals surface area contributed by atoms with Crippen LogP contribution >= 0.6 is 12.4 Å². The minimum atomic E-state index is 0. The van der Waals surface area contributed by atoms with Crippen LogP contribution in [0.4, 0.5) is 0 Å². The van der Waals surface area contributed by atoms with E-state index in [2.05, 4.69) is 6.92 Å². The molecule has 0 saturated heterocycles. The van der Waals surface area contributed by atoms with Gasteiger partial charge in [0.1, 0.15) is 0 Å². The van der Waals surface area contributed by atoms with Crippen molar-refractivity contribution in [1.82, 2.24) is 4.90 Å². The Bertz CT molecular complexity index is 387. The molecule has 0 aliphatic heterocycles. The maximum Gasteiger partial charge on any atom is 0.254 e. The molecular weight excluding hydrogens is 248 g/mol. The number of hydrogen-bond acceptors (Lipinski definition) is 2. The first-order valence-corrected chi connectivity index (χ1v) is 6.36. The van der Waals surface area contributed by atoms with E-state index in [9.17, 15) is 4.79 Å². The molecule has 4 heteroatoms. The van der Waals surface area contributed by atoms with E-state index >= 15 is 0 Å². The maximum atomic E-state index is 12.3. The van der Waals surface area contributed by atoms with Crippen molar-refractivity contribution in [2.75, 3.05) is 6.54 Å². The van der Waals surface area contributed by atoms with Crippen LogP contribution in [0.5, 0.6) is 0 Å². The Morgan fingerprint density at radius 3 is 2.39 bits per heavy atom. The smallest absolute Gasteiger partial charge is 0.254 e. The number of nitrogens with two attached hydrogens (primary N) is 1. The second-order valence-corrected chi connectivity index (χ2v) is 4.63. The number of hydrogen-bond donors (Lipinski definition) is 1. The molecule has 1 saturated carbocycles. The molecule has 2 rings (SSSR count). The second kappa shape index (κ2) is 6.76. The van der Waals surface area contributed by atoms with Crippen molar-refractivity contribution in [1.29, 1.82) is 0 Å². The molecular formula is C14H21ClN2O. The van der Waals surface area contributed by atoms with Crippen LogP contribution in [0.2, 0.25) is 0 Å². The highest BCUT2D eigenvalue weighted by atomic mass is 35.5. The summed E-state index contributed by atoms with van der Waals surface area (Å²) in [5, 5.41) is 0. The predicted molar refractivity (Wildman–Crippen MR) is 75.9 cm³/mol. The fourth-order valence-electron chi connectivity index (χ4n) is 2.03. The Labute approximate surface area is 115 Å². The molecule has 0 bridgehead atoms. The van der Waals surface area contributed by atoms with Gasteiger partial charge in [-0.25, -0.2) is 0 Å². The van der Waals surface area contributed by atoms with Crippen molar-refractivity contribution in [3.8, 4) is 0 Å². The van der Waals surface area contributed by atoms with Gasteiger partial charge in [0.05, 0.1) is 0 Å². The highest BCUT2D eigenvalue weighted by Crippen LogP contribution is 2.28. The van der Waals surface area contributed by atoms with Crippen molar-refractivity contribution in [3.05, 3.63) is 35.4 Å². The van der Waals surface area contributed by atoms with Gasteiger partial charge in [0.2, 0.25) is 0 Å². The normalized spacial score (nSPS) is 13.9. The zero-order chi connectivity index (χ0) is 12.3. The van der Waals surface area contributed by atoms with Crippen LogP contribution in [0.15, 0.2) is 24.3 Å². The number of carbonyl (C=O) groups excluding carboxylic acids is 1. The summed E-state index contributed by atoms with van der Waals surface area (Å²) in [7, 11) is 0. The van der Waals surface area contributed by atoms with Crippen LogP contribution in [-0.2, 0) is 6.54 Å². The fraction of sp³-hybridized carbons (Fsp3) is 0.500. The Morgan fingerprint density at radius 2 is 1.94 bits per heavy atom. The first kappa shape index (κ1) is 15.0. The first-order chi connectivity index (χ1) is 8.26. The van der Waals surface area contributed by atoms with Crippen LogP contribution in [0, 0.1) is 0 Å². The average molecular weight is 269 g/mol. The van der Waals surface area contributed by atoms with Crippen LogP contribution in [-0.4, -0.2) is 23.4 Å². The maximum absolute atomic E-state index is 12.3. The number of nitrogens with zero attached hydrogens (tertiary/aromatic N) is 1. The highest BCUT2D eigenvalue weighted by Gasteiger charge is 2.32. The summed E-state index contributed by atoms with van der Waals surface area (Å²) in [6, 6.07) is 8.12. The van der Waals surface area contributed by atoms with Gasteiger partial charge < -0.3 is 10.6 Å². The molecule has 3 nitrogen and oxygen atoms in total. The van der Waals surface area contributed by atoms with E-state index in [0.717, 1.165) is 36.9 Å². The Morgan fingerprint density at radius 1 is 1.33 bits per heavy atom. The molecule has 0 atom stereocenters. The minimum Gasteiger partial charge on any atom is -0.336 e. The number of rotatable bonds is 5. The minimum absolute atomic E-state index is 0. The Kier molecular flexibility index (Phi) is 5.63. The number of benzene rings is 1. The molecule has 100 valence electrons. The van der Waals surface area contributed by atoms with E-state index in [1.165, 1.54) is 0 Å². The third-order valence-electron chi connectivity index (χ3n) is 3.15. The molecule has 0 radical (unpaired) electrons. The summed E-state index contributed by atoms with van der Waals surface area (Å²) in [5.41, 5.74) is 7.39. The topological polar surface area (TPSA) is 46.3 Å². The predicted octanol–water partition coefficient (Wildman–Crippen LogP) is 2.58. The van der Waals surface area contributed by atoms with Gasteiger partial charge in [-0.2, -0.15) is 0 Å². The molecule has 18 heavy (non-hydrogen) atoms. The SMILES string of the molecule is CCCN(C(=O)c1ccc(CN)cc1)C1CC1.Cl. The highest BCUT2D eigenvalue weighted by molar-refractivity contribution is 5.94. The summed E-state index contributed by atoms with van der Waals surface area (Å²) >= 11 is 0.